The second-order valence-corrected chi connectivity index (χ2v) is 3.74. The van der Waals surface area contributed by atoms with Crippen molar-refractivity contribution in [1.82, 2.24) is 5.32 Å². The van der Waals surface area contributed by atoms with Crippen molar-refractivity contribution in [2.75, 3.05) is 47.1 Å². The van der Waals surface area contributed by atoms with Crippen LogP contribution < -0.4 is 16.8 Å². The summed E-state index contributed by atoms with van der Waals surface area (Å²) in [5, 5.41) is 2.86. The number of nitrogens with one attached hydrogen (secondary N) is 1. The maximum Gasteiger partial charge on any atom is 0.323 e. The highest BCUT2D eigenvalue weighted by molar-refractivity contribution is 5.78. The third kappa shape index (κ3) is 10.2. The lowest BCUT2D eigenvalue weighted by Gasteiger charge is -2.10. The minimum atomic E-state index is -0.701. The zero-order valence-electron chi connectivity index (χ0n) is 11.6. The molecule has 0 aliphatic heterocycles. The van der Waals surface area contributed by atoms with Crippen molar-refractivity contribution in [2.45, 2.75) is 12.5 Å². The number of guanidine groups is 1. The summed E-state index contributed by atoms with van der Waals surface area (Å²) in [5.41, 5.74) is 11.2. The molecule has 5 N–H and O–H groups in total. The molecule has 0 aliphatic rings. The van der Waals surface area contributed by atoms with Crippen LogP contribution in [-0.2, 0) is 19.0 Å². The summed E-state index contributed by atoms with van der Waals surface area (Å²) in [5.74, 6) is -0.157. The van der Waals surface area contributed by atoms with Gasteiger partial charge in [0.1, 0.15) is 12.6 Å². The van der Waals surface area contributed by atoms with E-state index in [9.17, 15) is 4.79 Å². The molecular weight excluding hydrogens is 252 g/mol. The Labute approximate surface area is 113 Å². The standard InChI is InChI=1S/C11H24N4O4/c1-17-6-5-15-11(13)14-4-3-9(12)10(16)19-8-7-18-2/h9H,3-8,12H2,1-2H3,(H3,13,14,15)/t9-/m0/s1. The summed E-state index contributed by atoms with van der Waals surface area (Å²) in [6.07, 6.45) is 0.373. The Balaban J connectivity index is 3.73. The highest BCUT2D eigenvalue weighted by Gasteiger charge is 2.14. The number of hydrogen-bond acceptors (Lipinski definition) is 6. The zero-order valence-corrected chi connectivity index (χ0v) is 11.6. The molecule has 8 heteroatoms. The molecule has 0 heterocycles. The predicted octanol–water partition coefficient (Wildman–Crippen LogP) is -1.56. The van der Waals surface area contributed by atoms with Crippen LogP contribution >= 0.6 is 0 Å². The van der Waals surface area contributed by atoms with E-state index in [0.29, 0.717) is 38.7 Å². The zero-order chi connectivity index (χ0) is 14.5. The Morgan fingerprint density at radius 2 is 1.95 bits per heavy atom. The number of ether oxygens (including phenoxy) is 3. The minimum Gasteiger partial charge on any atom is -0.462 e. The Hall–Kier alpha value is -1.38. The van der Waals surface area contributed by atoms with Gasteiger partial charge in [-0.25, -0.2) is 0 Å². The molecule has 0 amide bonds. The van der Waals surface area contributed by atoms with Crippen LogP contribution in [0.3, 0.4) is 0 Å². The van der Waals surface area contributed by atoms with Crippen molar-refractivity contribution in [3.05, 3.63) is 0 Å². The summed E-state index contributed by atoms with van der Waals surface area (Å²) in [4.78, 5) is 15.4. The van der Waals surface area contributed by atoms with Crippen LogP contribution in [0.1, 0.15) is 6.42 Å². The van der Waals surface area contributed by atoms with Crippen molar-refractivity contribution in [3.8, 4) is 0 Å². The van der Waals surface area contributed by atoms with Crippen LogP contribution in [0, 0.1) is 0 Å². The largest absolute Gasteiger partial charge is 0.462 e. The third-order valence-electron chi connectivity index (χ3n) is 2.17. The molecule has 0 radical (unpaired) electrons. The van der Waals surface area contributed by atoms with Gasteiger partial charge in [0.05, 0.1) is 13.2 Å². The molecular formula is C11H24N4O4. The molecule has 0 aromatic carbocycles. The first-order valence-electron chi connectivity index (χ1n) is 6.05. The number of nitrogens with zero attached hydrogens (tertiary/aromatic N) is 1. The Kier molecular flexibility index (Phi) is 10.8. The Morgan fingerprint density at radius 3 is 2.58 bits per heavy atom. The minimum absolute atomic E-state index is 0.201. The number of esters is 1. The van der Waals surface area contributed by atoms with Crippen molar-refractivity contribution < 1.29 is 19.0 Å². The molecule has 112 valence electrons. The molecule has 8 nitrogen and oxygen atoms in total. The van der Waals surface area contributed by atoms with Gasteiger partial charge in [0, 0.05) is 27.3 Å². The highest BCUT2D eigenvalue weighted by atomic mass is 16.6. The fourth-order valence-corrected chi connectivity index (χ4v) is 1.11. The molecule has 0 saturated heterocycles. The molecule has 1 atom stereocenters. The molecule has 0 unspecified atom stereocenters. The van der Waals surface area contributed by atoms with Crippen LogP contribution in [0.4, 0.5) is 0 Å². The maximum atomic E-state index is 11.4. The van der Waals surface area contributed by atoms with Gasteiger partial charge in [-0.15, -0.1) is 0 Å². The van der Waals surface area contributed by atoms with Crippen LogP contribution in [-0.4, -0.2) is 65.1 Å². The first kappa shape index (κ1) is 17.6. The van der Waals surface area contributed by atoms with E-state index in [1.165, 1.54) is 7.11 Å². The van der Waals surface area contributed by atoms with Gasteiger partial charge in [0.15, 0.2) is 5.96 Å². The second kappa shape index (κ2) is 11.7. The lowest BCUT2D eigenvalue weighted by Crippen LogP contribution is -2.36. The monoisotopic (exact) mass is 276 g/mol. The summed E-state index contributed by atoms with van der Waals surface area (Å²) < 4.78 is 14.5. The van der Waals surface area contributed by atoms with E-state index in [2.05, 4.69) is 10.3 Å². The van der Waals surface area contributed by atoms with Crippen LogP contribution in [0.2, 0.25) is 0 Å². The van der Waals surface area contributed by atoms with Crippen LogP contribution in [0.15, 0.2) is 4.99 Å². The first-order valence-corrected chi connectivity index (χ1v) is 6.05. The summed E-state index contributed by atoms with van der Waals surface area (Å²) in [7, 11) is 3.13. The van der Waals surface area contributed by atoms with Gasteiger partial charge in [-0.3, -0.25) is 9.79 Å². The second-order valence-electron chi connectivity index (χ2n) is 3.74. The molecule has 0 bridgehead atoms. The SMILES string of the molecule is COCCNC(N)=NCC[C@H](N)C(=O)OCCOC. The summed E-state index contributed by atoms with van der Waals surface area (Å²) in [6.45, 7) is 2.03. The van der Waals surface area contributed by atoms with E-state index in [0.717, 1.165) is 0 Å². The van der Waals surface area contributed by atoms with Crippen molar-refractivity contribution in [2.24, 2.45) is 16.5 Å². The van der Waals surface area contributed by atoms with E-state index in [1.54, 1.807) is 7.11 Å². The van der Waals surface area contributed by atoms with E-state index in [4.69, 9.17) is 25.7 Å². The predicted molar refractivity (Wildman–Crippen MR) is 71.8 cm³/mol. The van der Waals surface area contributed by atoms with Gasteiger partial charge in [-0.1, -0.05) is 0 Å². The van der Waals surface area contributed by atoms with Crippen LogP contribution in [0.5, 0.6) is 0 Å². The number of carbonyl (C=O) groups excluding carboxylic acids is 1. The van der Waals surface area contributed by atoms with Crippen molar-refractivity contribution >= 4 is 11.9 Å². The van der Waals surface area contributed by atoms with E-state index in [1.807, 2.05) is 0 Å². The Morgan fingerprint density at radius 1 is 1.26 bits per heavy atom. The number of nitrogens with two attached hydrogens (primary N) is 2. The topological polar surface area (TPSA) is 121 Å². The van der Waals surface area contributed by atoms with Gasteiger partial charge in [0.2, 0.25) is 0 Å². The summed E-state index contributed by atoms with van der Waals surface area (Å²) >= 11 is 0. The number of aliphatic imine (C=N–C) groups is 1. The van der Waals surface area contributed by atoms with Gasteiger partial charge in [-0.05, 0) is 6.42 Å². The third-order valence-corrected chi connectivity index (χ3v) is 2.17. The molecule has 0 aliphatic carbocycles. The van der Waals surface area contributed by atoms with Gasteiger partial charge >= 0.3 is 5.97 Å². The summed E-state index contributed by atoms with van der Waals surface area (Å²) in [6, 6.07) is -0.701. The molecule has 0 spiro atoms. The molecule has 0 aromatic rings. The van der Waals surface area contributed by atoms with Gasteiger partial charge in [0.25, 0.3) is 0 Å². The van der Waals surface area contributed by atoms with E-state index in [-0.39, 0.29) is 6.61 Å². The Bertz CT molecular complexity index is 273. The normalized spacial score (nSPS) is 13.1. The fourth-order valence-electron chi connectivity index (χ4n) is 1.11. The molecule has 0 saturated carbocycles. The number of methoxy groups -OCH3 is 2. The highest BCUT2D eigenvalue weighted by Crippen LogP contribution is 1.93. The smallest absolute Gasteiger partial charge is 0.323 e. The molecule has 0 aromatic heterocycles. The van der Waals surface area contributed by atoms with Gasteiger partial charge < -0.3 is 31.0 Å². The quantitative estimate of drug-likeness (QED) is 0.191. The van der Waals surface area contributed by atoms with Crippen molar-refractivity contribution in [3.63, 3.8) is 0 Å². The lowest BCUT2D eigenvalue weighted by atomic mass is 10.2. The van der Waals surface area contributed by atoms with E-state index < -0.39 is 12.0 Å². The fraction of sp³-hybridized carbons (Fsp3) is 0.818. The maximum absolute atomic E-state index is 11.4. The van der Waals surface area contributed by atoms with Crippen LogP contribution in [0.25, 0.3) is 0 Å². The average molecular weight is 276 g/mol. The lowest BCUT2D eigenvalue weighted by molar-refractivity contribution is -0.146. The number of hydrogen-bond donors (Lipinski definition) is 3. The first-order chi connectivity index (χ1) is 9.11. The van der Waals surface area contributed by atoms with Crippen molar-refractivity contribution in [1.29, 1.82) is 0 Å². The average Bonchev–Trinajstić information content (AvgIpc) is 2.39. The molecule has 19 heavy (non-hydrogen) atoms. The molecule has 0 fully saturated rings. The van der Waals surface area contributed by atoms with E-state index >= 15 is 0 Å². The number of rotatable bonds is 10. The van der Waals surface area contributed by atoms with Gasteiger partial charge in [-0.2, -0.15) is 0 Å². The number of carbonyl (C=O) groups is 1. The molecule has 0 rings (SSSR count).